The van der Waals surface area contributed by atoms with Gasteiger partial charge in [0.15, 0.2) is 0 Å². The molecular formula is C14H22N4O. The Hall–Kier alpha value is -1.36. The Labute approximate surface area is 113 Å². The fraction of sp³-hybridized carbons (Fsp3) is 0.714. The molecule has 3 N–H and O–H groups in total. The zero-order valence-corrected chi connectivity index (χ0v) is 11.2. The summed E-state index contributed by atoms with van der Waals surface area (Å²) in [7, 11) is 0. The second-order valence-corrected chi connectivity index (χ2v) is 5.84. The molecule has 1 aromatic heterocycles. The van der Waals surface area contributed by atoms with E-state index in [4.69, 9.17) is 5.73 Å². The minimum Gasteiger partial charge on any atom is -0.342 e. The van der Waals surface area contributed by atoms with Crippen molar-refractivity contribution in [1.29, 1.82) is 0 Å². The molecule has 3 rings (SSSR count). The lowest BCUT2D eigenvalue weighted by Crippen LogP contribution is -2.45. The zero-order chi connectivity index (χ0) is 13.2. The summed E-state index contributed by atoms with van der Waals surface area (Å²) in [6.07, 6.45) is 7.03. The van der Waals surface area contributed by atoms with Crippen LogP contribution in [0.25, 0.3) is 0 Å². The molecular weight excluding hydrogens is 240 g/mol. The van der Waals surface area contributed by atoms with Gasteiger partial charge in [-0.05, 0) is 31.7 Å². The fourth-order valence-corrected chi connectivity index (χ4v) is 3.46. The molecule has 1 amide bonds. The van der Waals surface area contributed by atoms with Crippen molar-refractivity contribution in [3.63, 3.8) is 0 Å². The molecule has 1 saturated heterocycles. The highest BCUT2D eigenvalue weighted by Crippen LogP contribution is 2.30. The van der Waals surface area contributed by atoms with Gasteiger partial charge in [0.2, 0.25) is 5.91 Å². The smallest absolute Gasteiger partial charge is 0.227 e. The lowest BCUT2D eigenvalue weighted by molar-refractivity contribution is -0.137. The molecule has 104 valence electrons. The molecule has 1 aliphatic heterocycles. The van der Waals surface area contributed by atoms with E-state index in [1.165, 1.54) is 0 Å². The third kappa shape index (κ3) is 2.52. The summed E-state index contributed by atoms with van der Waals surface area (Å²) < 4.78 is 0. The maximum Gasteiger partial charge on any atom is 0.227 e. The molecule has 1 aliphatic carbocycles. The molecule has 19 heavy (non-hydrogen) atoms. The van der Waals surface area contributed by atoms with Crippen LogP contribution in [0.5, 0.6) is 0 Å². The third-order valence-electron chi connectivity index (χ3n) is 4.58. The molecule has 0 bridgehead atoms. The van der Waals surface area contributed by atoms with Gasteiger partial charge in [0.25, 0.3) is 0 Å². The number of carbonyl (C=O) groups excluding carboxylic acids is 1. The molecule has 5 nitrogen and oxygen atoms in total. The number of aromatic nitrogens is 2. The van der Waals surface area contributed by atoms with Gasteiger partial charge in [0, 0.05) is 36.9 Å². The topological polar surface area (TPSA) is 75.0 Å². The number of rotatable bonds is 2. The van der Waals surface area contributed by atoms with Gasteiger partial charge in [-0.1, -0.05) is 6.42 Å². The first-order chi connectivity index (χ1) is 9.25. The Balaban J connectivity index is 1.66. The van der Waals surface area contributed by atoms with Crippen molar-refractivity contribution in [2.24, 2.45) is 11.7 Å². The lowest BCUT2D eigenvalue weighted by Gasteiger charge is -2.34. The van der Waals surface area contributed by atoms with E-state index in [9.17, 15) is 4.79 Å². The number of carbonyl (C=O) groups is 1. The standard InChI is InChI=1S/C14H22N4O/c15-12-5-1-4-11(12)14(19)18-8-2-3-10(9-18)13-6-7-16-17-13/h6-7,10-12H,1-5,8-9,15H2,(H,16,17)/t10-,11+,12-/m1/s1. The van der Waals surface area contributed by atoms with Crippen molar-refractivity contribution in [3.8, 4) is 0 Å². The van der Waals surface area contributed by atoms with Crippen molar-refractivity contribution < 1.29 is 4.79 Å². The van der Waals surface area contributed by atoms with Gasteiger partial charge in [-0.3, -0.25) is 9.89 Å². The molecule has 2 heterocycles. The Morgan fingerprint density at radius 1 is 1.37 bits per heavy atom. The van der Waals surface area contributed by atoms with E-state index in [1.54, 1.807) is 6.20 Å². The third-order valence-corrected chi connectivity index (χ3v) is 4.58. The van der Waals surface area contributed by atoms with Gasteiger partial charge >= 0.3 is 0 Å². The first kappa shape index (κ1) is 12.7. The largest absolute Gasteiger partial charge is 0.342 e. The van der Waals surface area contributed by atoms with Gasteiger partial charge in [0.05, 0.1) is 5.92 Å². The van der Waals surface area contributed by atoms with Crippen molar-refractivity contribution >= 4 is 5.91 Å². The Bertz CT molecular complexity index is 431. The summed E-state index contributed by atoms with van der Waals surface area (Å²) in [4.78, 5) is 14.6. The summed E-state index contributed by atoms with van der Waals surface area (Å²) >= 11 is 0. The van der Waals surface area contributed by atoms with Crippen LogP contribution in [-0.4, -0.2) is 40.1 Å². The summed E-state index contributed by atoms with van der Waals surface area (Å²) in [5, 5.41) is 7.04. The number of likely N-dealkylation sites (tertiary alicyclic amines) is 1. The molecule has 3 atom stereocenters. The average Bonchev–Trinajstić information content (AvgIpc) is 3.09. The molecule has 0 aromatic carbocycles. The van der Waals surface area contributed by atoms with E-state index < -0.39 is 0 Å². The molecule has 0 radical (unpaired) electrons. The van der Waals surface area contributed by atoms with Crippen LogP contribution in [0, 0.1) is 5.92 Å². The van der Waals surface area contributed by atoms with Crippen LogP contribution in [0.1, 0.15) is 43.7 Å². The second-order valence-electron chi connectivity index (χ2n) is 5.84. The van der Waals surface area contributed by atoms with Crippen LogP contribution in [0.2, 0.25) is 0 Å². The molecule has 0 spiro atoms. The van der Waals surface area contributed by atoms with Crippen LogP contribution >= 0.6 is 0 Å². The molecule has 2 fully saturated rings. The van der Waals surface area contributed by atoms with E-state index in [-0.39, 0.29) is 17.9 Å². The van der Waals surface area contributed by atoms with Gasteiger partial charge in [-0.2, -0.15) is 5.10 Å². The predicted octanol–water partition coefficient (Wildman–Crippen LogP) is 1.24. The normalized spacial score (nSPS) is 31.6. The van der Waals surface area contributed by atoms with Gasteiger partial charge in [-0.25, -0.2) is 0 Å². The lowest BCUT2D eigenvalue weighted by atomic mass is 9.93. The van der Waals surface area contributed by atoms with Crippen LogP contribution in [0.3, 0.4) is 0 Å². The molecule has 2 aliphatic rings. The van der Waals surface area contributed by atoms with Crippen LogP contribution in [-0.2, 0) is 4.79 Å². The highest BCUT2D eigenvalue weighted by atomic mass is 16.2. The maximum atomic E-state index is 12.5. The number of nitrogens with two attached hydrogens (primary N) is 1. The van der Waals surface area contributed by atoms with Gasteiger partial charge < -0.3 is 10.6 Å². The quantitative estimate of drug-likeness (QED) is 0.842. The predicted molar refractivity (Wildman–Crippen MR) is 72.5 cm³/mol. The molecule has 5 heteroatoms. The number of nitrogens with zero attached hydrogens (tertiary/aromatic N) is 2. The molecule has 1 aromatic rings. The highest BCUT2D eigenvalue weighted by Gasteiger charge is 2.35. The Morgan fingerprint density at radius 2 is 2.26 bits per heavy atom. The van der Waals surface area contributed by atoms with Crippen LogP contribution in [0.15, 0.2) is 12.3 Å². The van der Waals surface area contributed by atoms with E-state index in [1.807, 2.05) is 11.0 Å². The maximum absolute atomic E-state index is 12.5. The SMILES string of the molecule is N[C@@H]1CCC[C@@H]1C(=O)N1CCC[C@@H](c2ccn[nH]2)C1. The summed E-state index contributed by atoms with van der Waals surface area (Å²) in [5.41, 5.74) is 7.20. The number of hydrogen-bond donors (Lipinski definition) is 2. The first-order valence-electron chi connectivity index (χ1n) is 7.29. The summed E-state index contributed by atoms with van der Waals surface area (Å²) in [6, 6.07) is 2.08. The average molecular weight is 262 g/mol. The monoisotopic (exact) mass is 262 g/mol. The number of aromatic amines is 1. The van der Waals surface area contributed by atoms with E-state index >= 15 is 0 Å². The zero-order valence-electron chi connectivity index (χ0n) is 11.2. The van der Waals surface area contributed by atoms with Gasteiger partial charge in [-0.15, -0.1) is 0 Å². The molecule has 0 unspecified atom stereocenters. The number of H-pyrrole nitrogens is 1. The van der Waals surface area contributed by atoms with Crippen LogP contribution in [0.4, 0.5) is 0 Å². The highest BCUT2D eigenvalue weighted by molar-refractivity contribution is 5.80. The minimum absolute atomic E-state index is 0.0560. The fourth-order valence-electron chi connectivity index (χ4n) is 3.46. The van der Waals surface area contributed by atoms with Crippen molar-refractivity contribution in [1.82, 2.24) is 15.1 Å². The van der Waals surface area contributed by atoms with Gasteiger partial charge in [0.1, 0.15) is 0 Å². The number of nitrogens with one attached hydrogen (secondary N) is 1. The van der Waals surface area contributed by atoms with E-state index in [0.29, 0.717) is 5.92 Å². The molecule has 1 saturated carbocycles. The minimum atomic E-state index is 0.0560. The van der Waals surface area contributed by atoms with Crippen LogP contribution < -0.4 is 5.73 Å². The summed E-state index contributed by atoms with van der Waals surface area (Å²) in [5.74, 6) is 0.729. The van der Waals surface area contributed by atoms with Crippen molar-refractivity contribution in [3.05, 3.63) is 18.0 Å². The number of hydrogen-bond acceptors (Lipinski definition) is 3. The van der Waals surface area contributed by atoms with Crippen molar-refractivity contribution in [2.75, 3.05) is 13.1 Å². The number of piperidine rings is 1. The Morgan fingerprint density at radius 3 is 2.95 bits per heavy atom. The summed E-state index contributed by atoms with van der Waals surface area (Å²) in [6.45, 7) is 1.69. The first-order valence-corrected chi connectivity index (χ1v) is 7.29. The van der Waals surface area contributed by atoms with Crippen molar-refractivity contribution in [2.45, 2.75) is 44.1 Å². The second kappa shape index (κ2) is 5.33. The Kier molecular flexibility index (Phi) is 3.55. The van der Waals surface area contributed by atoms with E-state index in [2.05, 4.69) is 10.2 Å². The number of amides is 1. The van der Waals surface area contributed by atoms with E-state index in [0.717, 1.165) is 50.9 Å².